The Labute approximate surface area is 122 Å². The summed E-state index contributed by atoms with van der Waals surface area (Å²) in [4.78, 5) is 5.04. The van der Waals surface area contributed by atoms with E-state index in [9.17, 15) is 0 Å². The van der Waals surface area contributed by atoms with Crippen molar-refractivity contribution in [2.75, 3.05) is 6.54 Å². The largest absolute Gasteiger partial charge is 0.312 e. The van der Waals surface area contributed by atoms with Crippen LogP contribution in [0.2, 0.25) is 19.6 Å². The van der Waals surface area contributed by atoms with Gasteiger partial charge in [0.15, 0.2) is 0 Å². The molecular formula is C17H22N2Si. The van der Waals surface area contributed by atoms with Crippen molar-refractivity contribution in [3.05, 3.63) is 47.7 Å². The SMILES string of the molecule is C[Si](C)(C)c1cc2c(nc1-c1ccccc1)CCNC2. The highest BCUT2D eigenvalue weighted by Gasteiger charge is 2.24. The summed E-state index contributed by atoms with van der Waals surface area (Å²) in [6, 6.07) is 13.1. The van der Waals surface area contributed by atoms with Crippen LogP contribution in [0, 0.1) is 0 Å². The Morgan fingerprint density at radius 1 is 1.10 bits per heavy atom. The number of nitrogens with one attached hydrogen (secondary N) is 1. The molecule has 0 amide bonds. The molecule has 20 heavy (non-hydrogen) atoms. The quantitative estimate of drug-likeness (QED) is 0.857. The van der Waals surface area contributed by atoms with Crippen molar-refractivity contribution < 1.29 is 0 Å². The fourth-order valence-corrected chi connectivity index (χ4v) is 4.30. The molecule has 0 atom stereocenters. The molecule has 1 aliphatic heterocycles. The first-order valence-corrected chi connectivity index (χ1v) is 10.8. The first-order chi connectivity index (χ1) is 9.55. The van der Waals surface area contributed by atoms with Crippen LogP contribution in [0.4, 0.5) is 0 Å². The monoisotopic (exact) mass is 282 g/mol. The van der Waals surface area contributed by atoms with E-state index in [0.29, 0.717) is 0 Å². The van der Waals surface area contributed by atoms with Gasteiger partial charge in [0.25, 0.3) is 0 Å². The first-order valence-electron chi connectivity index (χ1n) is 7.35. The zero-order valence-corrected chi connectivity index (χ0v) is 13.5. The lowest BCUT2D eigenvalue weighted by atomic mass is 10.0. The average Bonchev–Trinajstić information content (AvgIpc) is 2.46. The summed E-state index contributed by atoms with van der Waals surface area (Å²) in [5, 5.41) is 4.93. The molecule has 2 nitrogen and oxygen atoms in total. The van der Waals surface area contributed by atoms with Gasteiger partial charge in [-0.05, 0) is 16.3 Å². The van der Waals surface area contributed by atoms with Crippen molar-refractivity contribution in [2.45, 2.75) is 32.6 Å². The minimum atomic E-state index is -1.41. The molecule has 0 unspecified atom stereocenters. The van der Waals surface area contributed by atoms with Crippen LogP contribution in [0.5, 0.6) is 0 Å². The van der Waals surface area contributed by atoms with Crippen LogP contribution in [0.25, 0.3) is 11.3 Å². The summed E-state index contributed by atoms with van der Waals surface area (Å²) in [5.41, 5.74) is 5.15. The van der Waals surface area contributed by atoms with Gasteiger partial charge in [-0.15, -0.1) is 0 Å². The lowest BCUT2D eigenvalue weighted by Crippen LogP contribution is -2.41. The number of hydrogen-bond acceptors (Lipinski definition) is 2. The van der Waals surface area contributed by atoms with Crippen LogP contribution in [0.15, 0.2) is 36.4 Å². The summed E-state index contributed by atoms with van der Waals surface area (Å²) < 4.78 is 0. The fraction of sp³-hybridized carbons (Fsp3) is 0.353. The molecule has 104 valence electrons. The number of rotatable bonds is 2. The molecule has 0 radical (unpaired) electrons. The molecule has 0 spiro atoms. The van der Waals surface area contributed by atoms with Gasteiger partial charge in [0, 0.05) is 25.2 Å². The Balaban J connectivity index is 2.21. The Kier molecular flexibility index (Phi) is 3.48. The maximum atomic E-state index is 5.04. The molecule has 1 aromatic heterocycles. The van der Waals surface area contributed by atoms with Crippen molar-refractivity contribution in [1.82, 2.24) is 10.3 Å². The highest BCUT2D eigenvalue weighted by Crippen LogP contribution is 2.22. The Bertz CT molecular complexity index is 615. The normalized spacial score (nSPS) is 14.9. The summed E-state index contributed by atoms with van der Waals surface area (Å²) in [6.45, 7) is 9.21. The van der Waals surface area contributed by atoms with E-state index in [1.54, 1.807) is 0 Å². The van der Waals surface area contributed by atoms with E-state index in [0.717, 1.165) is 19.5 Å². The molecule has 0 bridgehead atoms. The van der Waals surface area contributed by atoms with E-state index in [1.165, 1.54) is 27.7 Å². The predicted molar refractivity (Wildman–Crippen MR) is 88.1 cm³/mol. The summed E-state index contributed by atoms with van der Waals surface area (Å²) >= 11 is 0. The molecule has 0 saturated heterocycles. The van der Waals surface area contributed by atoms with Crippen molar-refractivity contribution in [3.8, 4) is 11.3 Å². The molecule has 1 N–H and O–H groups in total. The van der Waals surface area contributed by atoms with Gasteiger partial charge < -0.3 is 5.32 Å². The number of benzene rings is 1. The highest BCUT2D eigenvalue weighted by atomic mass is 28.3. The zero-order chi connectivity index (χ0) is 14.2. The van der Waals surface area contributed by atoms with Crippen LogP contribution in [-0.2, 0) is 13.0 Å². The summed E-state index contributed by atoms with van der Waals surface area (Å²) in [6.07, 6.45) is 1.04. The minimum absolute atomic E-state index is 0.967. The molecule has 3 rings (SSSR count). The number of fused-ring (bicyclic) bond motifs is 1. The van der Waals surface area contributed by atoms with Gasteiger partial charge in [-0.1, -0.05) is 56.0 Å². The fourth-order valence-electron chi connectivity index (χ4n) is 2.78. The Hall–Kier alpha value is -1.45. The van der Waals surface area contributed by atoms with E-state index in [2.05, 4.69) is 61.4 Å². The van der Waals surface area contributed by atoms with Crippen molar-refractivity contribution in [3.63, 3.8) is 0 Å². The minimum Gasteiger partial charge on any atom is -0.312 e. The third-order valence-corrected chi connectivity index (χ3v) is 5.90. The van der Waals surface area contributed by atoms with Crippen molar-refractivity contribution >= 4 is 13.3 Å². The van der Waals surface area contributed by atoms with Crippen LogP contribution >= 0.6 is 0 Å². The molecule has 0 saturated carbocycles. The number of nitrogens with zero attached hydrogens (tertiary/aromatic N) is 1. The Morgan fingerprint density at radius 2 is 1.85 bits per heavy atom. The second-order valence-electron chi connectivity index (χ2n) is 6.53. The second kappa shape index (κ2) is 5.15. The lowest BCUT2D eigenvalue weighted by molar-refractivity contribution is 0.631. The first kappa shape index (κ1) is 13.5. The molecule has 1 aromatic carbocycles. The molecule has 2 aromatic rings. The maximum absolute atomic E-state index is 5.04. The van der Waals surface area contributed by atoms with E-state index in [-0.39, 0.29) is 0 Å². The summed E-state index contributed by atoms with van der Waals surface area (Å²) in [7, 11) is -1.41. The van der Waals surface area contributed by atoms with E-state index >= 15 is 0 Å². The van der Waals surface area contributed by atoms with Crippen LogP contribution in [0.3, 0.4) is 0 Å². The Morgan fingerprint density at radius 3 is 2.55 bits per heavy atom. The molecule has 2 heterocycles. The van der Waals surface area contributed by atoms with Gasteiger partial charge in [0.1, 0.15) is 0 Å². The highest BCUT2D eigenvalue weighted by molar-refractivity contribution is 6.89. The molecule has 3 heteroatoms. The van der Waals surface area contributed by atoms with E-state index < -0.39 is 8.07 Å². The number of hydrogen-bond donors (Lipinski definition) is 1. The zero-order valence-electron chi connectivity index (χ0n) is 12.5. The third-order valence-electron chi connectivity index (χ3n) is 3.90. The average molecular weight is 282 g/mol. The van der Waals surface area contributed by atoms with Gasteiger partial charge in [0.05, 0.1) is 13.8 Å². The second-order valence-corrected chi connectivity index (χ2v) is 11.6. The third kappa shape index (κ3) is 2.56. The van der Waals surface area contributed by atoms with Gasteiger partial charge in [-0.3, -0.25) is 4.98 Å². The summed E-state index contributed by atoms with van der Waals surface area (Å²) in [5.74, 6) is 0. The van der Waals surface area contributed by atoms with E-state index in [4.69, 9.17) is 4.98 Å². The lowest BCUT2D eigenvalue weighted by Gasteiger charge is -2.25. The maximum Gasteiger partial charge on any atom is 0.0804 e. The van der Waals surface area contributed by atoms with E-state index in [1.807, 2.05) is 0 Å². The smallest absolute Gasteiger partial charge is 0.0804 e. The molecule has 1 aliphatic rings. The van der Waals surface area contributed by atoms with Gasteiger partial charge in [-0.25, -0.2) is 0 Å². The molecule has 0 aliphatic carbocycles. The number of aromatic nitrogens is 1. The van der Waals surface area contributed by atoms with Crippen LogP contribution in [0.1, 0.15) is 11.3 Å². The van der Waals surface area contributed by atoms with Crippen LogP contribution in [-0.4, -0.2) is 19.6 Å². The topological polar surface area (TPSA) is 24.9 Å². The standard InChI is InChI=1S/C17H22N2Si/c1-20(2,3)16-11-14-12-18-10-9-15(14)19-17(16)13-7-5-4-6-8-13/h4-8,11,18H,9-10,12H2,1-3H3. The van der Waals surface area contributed by atoms with Crippen molar-refractivity contribution in [2.24, 2.45) is 0 Å². The predicted octanol–water partition coefficient (Wildman–Crippen LogP) is 2.94. The number of pyridine rings is 1. The van der Waals surface area contributed by atoms with Gasteiger partial charge >= 0.3 is 0 Å². The van der Waals surface area contributed by atoms with Gasteiger partial charge in [-0.2, -0.15) is 0 Å². The molecule has 0 fully saturated rings. The van der Waals surface area contributed by atoms with Gasteiger partial charge in [0.2, 0.25) is 0 Å². The molecular weight excluding hydrogens is 260 g/mol. The van der Waals surface area contributed by atoms with Crippen molar-refractivity contribution in [1.29, 1.82) is 0 Å². The van der Waals surface area contributed by atoms with Crippen LogP contribution < -0.4 is 10.5 Å².